The quantitative estimate of drug-likeness (QED) is 0.167. The average molecular weight is 718 g/mol. The van der Waals surface area contributed by atoms with Gasteiger partial charge in [-0.1, -0.05) is 140 Å². The van der Waals surface area contributed by atoms with Crippen molar-refractivity contribution in [1.82, 2.24) is 14.5 Å². The molecule has 13 rings (SSSR count). The van der Waals surface area contributed by atoms with Crippen molar-refractivity contribution in [3.05, 3.63) is 164 Å². The Balaban J connectivity index is 1.28. The van der Waals surface area contributed by atoms with Crippen molar-refractivity contribution in [3.8, 4) is 17.1 Å². The molecule has 0 N–H and O–H groups in total. The minimum atomic E-state index is 0.534. The number of thiophene rings is 1. The van der Waals surface area contributed by atoms with Crippen LogP contribution in [0.5, 0.6) is 0 Å². The van der Waals surface area contributed by atoms with E-state index in [9.17, 15) is 0 Å². The van der Waals surface area contributed by atoms with Gasteiger partial charge in [-0.05, 0) is 56.6 Å². The Bertz CT molecular complexity index is 3760. The van der Waals surface area contributed by atoms with Crippen molar-refractivity contribution in [3.63, 3.8) is 0 Å². The van der Waals surface area contributed by atoms with E-state index in [-0.39, 0.29) is 0 Å². The average Bonchev–Trinajstić information content (AvgIpc) is 3.92. The monoisotopic (exact) mass is 717 g/mol. The fourth-order valence-corrected chi connectivity index (χ4v) is 10.5. The maximum atomic E-state index is 6.47. The maximum Gasteiger partial charge on any atom is 0.247 e. The number of fused-ring (bicyclic) bond motifs is 18. The fraction of sp³-hybridized carbons (Fsp3) is 0. The number of nitrogens with zero attached hydrogens (tertiary/aromatic N) is 3. The van der Waals surface area contributed by atoms with Crippen LogP contribution in [0.3, 0.4) is 0 Å². The first kappa shape index (κ1) is 29.4. The molecule has 0 aliphatic heterocycles. The van der Waals surface area contributed by atoms with Crippen LogP contribution in [0.4, 0.5) is 0 Å². The van der Waals surface area contributed by atoms with Gasteiger partial charge in [0.2, 0.25) is 5.71 Å². The Hall–Kier alpha value is -7.08. The summed E-state index contributed by atoms with van der Waals surface area (Å²) in [6, 6.07) is 58.9. The molecule has 4 aromatic heterocycles. The zero-order valence-corrected chi connectivity index (χ0v) is 30.1. The van der Waals surface area contributed by atoms with Crippen LogP contribution >= 0.6 is 11.3 Å². The molecule has 0 saturated carbocycles. The minimum Gasteiger partial charge on any atom is -0.436 e. The summed E-state index contributed by atoms with van der Waals surface area (Å²) >= 11 is 1.81. The van der Waals surface area contributed by atoms with Crippen molar-refractivity contribution < 1.29 is 4.42 Å². The molecule has 0 bridgehead atoms. The van der Waals surface area contributed by atoms with Gasteiger partial charge >= 0.3 is 0 Å². The van der Waals surface area contributed by atoms with Crippen molar-refractivity contribution in [2.24, 2.45) is 0 Å². The van der Waals surface area contributed by atoms with Crippen LogP contribution in [0.1, 0.15) is 0 Å². The van der Waals surface area contributed by atoms with E-state index in [4.69, 9.17) is 14.4 Å². The van der Waals surface area contributed by atoms with Crippen LogP contribution in [-0.2, 0) is 0 Å². The lowest BCUT2D eigenvalue weighted by atomic mass is 9.91. The number of furan rings is 1. The summed E-state index contributed by atoms with van der Waals surface area (Å²) < 4.78 is 11.3. The Morgan fingerprint density at radius 1 is 0.455 bits per heavy atom. The highest BCUT2D eigenvalue weighted by Gasteiger charge is 2.26. The smallest absolute Gasteiger partial charge is 0.247 e. The van der Waals surface area contributed by atoms with E-state index in [1.54, 1.807) is 11.3 Å². The SMILES string of the molecule is c1ccc2c(c1)ccc1c3c4c5ccccc5c5ccccc5c4ccc3n(-c3nc4c(nc3-c3cccc5c3sc3ccccc35)oc3ccccc34)c21. The maximum absolute atomic E-state index is 6.47. The van der Waals surface area contributed by atoms with Gasteiger partial charge in [0.25, 0.3) is 0 Å². The molecule has 55 heavy (non-hydrogen) atoms. The van der Waals surface area contributed by atoms with Gasteiger partial charge in [0.15, 0.2) is 5.82 Å². The largest absolute Gasteiger partial charge is 0.436 e. The number of hydrogen-bond donors (Lipinski definition) is 0. The standard InChI is InChI=1S/C50H27N3OS/c1-2-13-29-28(12-1)24-25-38-44-40(27-26-35-32-16-4-3-14-30(32)31-15-5-6-18-34(31)43(35)44)53(47(29)38)49-45(52-50-46(51-49)37-19-7-9-22-41(37)54-50)39-21-11-20-36-33-17-8-10-23-42(33)55-48(36)39/h1-27H. The first-order valence-corrected chi connectivity index (χ1v) is 19.4. The van der Waals surface area contributed by atoms with Gasteiger partial charge < -0.3 is 4.42 Å². The molecule has 4 heterocycles. The number of para-hydroxylation sites is 1. The van der Waals surface area contributed by atoms with Gasteiger partial charge in [0, 0.05) is 52.7 Å². The van der Waals surface area contributed by atoms with Crippen LogP contribution in [0.15, 0.2) is 168 Å². The Morgan fingerprint density at radius 3 is 1.93 bits per heavy atom. The molecule has 9 aromatic carbocycles. The van der Waals surface area contributed by atoms with Gasteiger partial charge in [-0.25, -0.2) is 9.97 Å². The third kappa shape index (κ3) is 3.89. The van der Waals surface area contributed by atoms with Gasteiger partial charge in [-0.15, -0.1) is 11.3 Å². The van der Waals surface area contributed by atoms with Crippen LogP contribution in [-0.4, -0.2) is 14.5 Å². The van der Waals surface area contributed by atoms with Crippen molar-refractivity contribution in [1.29, 1.82) is 0 Å². The van der Waals surface area contributed by atoms with E-state index in [1.165, 1.54) is 74.0 Å². The molecule has 0 unspecified atom stereocenters. The lowest BCUT2D eigenvalue weighted by Crippen LogP contribution is -2.03. The van der Waals surface area contributed by atoms with E-state index in [1.807, 2.05) is 18.2 Å². The number of hydrogen-bond acceptors (Lipinski definition) is 4. The van der Waals surface area contributed by atoms with E-state index in [0.29, 0.717) is 5.71 Å². The van der Waals surface area contributed by atoms with Crippen LogP contribution in [0, 0.1) is 0 Å². The molecule has 0 aliphatic carbocycles. The summed E-state index contributed by atoms with van der Waals surface area (Å²) in [5.74, 6) is 0.782. The Labute approximate surface area is 317 Å². The molecular weight excluding hydrogens is 691 g/mol. The lowest BCUT2D eigenvalue weighted by Gasteiger charge is -2.15. The van der Waals surface area contributed by atoms with E-state index in [0.717, 1.165) is 44.6 Å². The van der Waals surface area contributed by atoms with Crippen LogP contribution < -0.4 is 0 Å². The lowest BCUT2D eigenvalue weighted by molar-refractivity contribution is 0.653. The first-order valence-electron chi connectivity index (χ1n) is 18.6. The highest BCUT2D eigenvalue weighted by Crippen LogP contribution is 2.47. The summed E-state index contributed by atoms with van der Waals surface area (Å²) in [7, 11) is 0. The second-order valence-electron chi connectivity index (χ2n) is 14.4. The summed E-state index contributed by atoms with van der Waals surface area (Å²) in [4.78, 5) is 11.1. The molecule has 5 heteroatoms. The second-order valence-corrected chi connectivity index (χ2v) is 15.5. The molecule has 0 amide bonds. The van der Waals surface area contributed by atoms with Gasteiger partial charge in [0.05, 0.1) is 11.0 Å². The van der Waals surface area contributed by atoms with Gasteiger partial charge in [0.1, 0.15) is 16.8 Å². The predicted octanol–water partition coefficient (Wildman–Crippen LogP) is 14.1. The molecule has 0 radical (unpaired) electrons. The molecule has 13 aromatic rings. The van der Waals surface area contributed by atoms with E-state index < -0.39 is 0 Å². The summed E-state index contributed by atoms with van der Waals surface area (Å²) in [6.07, 6.45) is 0. The molecule has 254 valence electrons. The van der Waals surface area contributed by atoms with Gasteiger partial charge in [-0.3, -0.25) is 4.57 Å². The number of benzene rings is 9. The van der Waals surface area contributed by atoms with Crippen molar-refractivity contribution >= 4 is 119 Å². The Kier molecular flexibility index (Phi) is 5.74. The summed E-state index contributed by atoms with van der Waals surface area (Å²) in [6.45, 7) is 0. The topological polar surface area (TPSA) is 43.9 Å². The van der Waals surface area contributed by atoms with Crippen molar-refractivity contribution in [2.45, 2.75) is 0 Å². The fourth-order valence-electron chi connectivity index (χ4n) is 9.27. The zero-order chi connectivity index (χ0) is 35.8. The first-order chi connectivity index (χ1) is 27.3. The van der Waals surface area contributed by atoms with E-state index >= 15 is 0 Å². The molecular formula is C50H27N3OS. The molecule has 4 nitrogen and oxygen atoms in total. The number of rotatable bonds is 2. The highest BCUT2D eigenvalue weighted by atomic mass is 32.1. The Morgan fingerprint density at radius 2 is 1.09 bits per heavy atom. The highest BCUT2D eigenvalue weighted by molar-refractivity contribution is 7.26. The molecule has 0 atom stereocenters. The third-order valence-electron chi connectivity index (χ3n) is 11.6. The summed E-state index contributed by atoms with van der Waals surface area (Å²) in [5, 5.41) is 15.7. The van der Waals surface area contributed by atoms with Gasteiger partial charge in [-0.2, -0.15) is 0 Å². The molecule has 0 fully saturated rings. The second kappa shape index (κ2) is 10.8. The number of aromatic nitrogens is 3. The predicted molar refractivity (Wildman–Crippen MR) is 232 cm³/mol. The molecule has 0 aliphatic rings. The third-order valence-corrected chi connectivity index (χ3v) is 12.8. The van der Waals surface area contributed by atoms with E-state index in [2.05, 4.69) is 150 Å². The minimum absolute atomic E-state index is 0.534. The molecule has 0 saturated heterocycles. The van der Waals surface area contributed by atoms with Crippen molar-refractivity contribution in [2.75, 3.05) is 0 Å². The van der Waals surface area contributed by atoms with Crippen LogP contribution in [0.25, 0.3) is 124 Å². The van der Waals surface area contributed by atoms with Crippen LogP contribution in [0.2, 0.25) is 0 Å². The zero-order valence-electron chi connectivity index (χ0n) is 29.2. The molecule has 0 spiro atoms. The summed E-state index contributed by atoms with van der Waals surface area (Å²) in [5.41, 5.74) is 6.10. The normalized spacial score (nSPS) is 12.4.